The first-order valence-electron chi connectivity index (χ1n) is 5.66. The van der Waals surface area contributed by atoms with Crippen molar-refractivity contribution in [2.45, 2.75) is 5.92 Å². The zero-order valence-corrected chi connectivity index (χ0v) is 11.2. The average Bonchev–Trinajstić information content (AvgIpc) is 2.62. The van der Waals surface area contributed by atoms with E-state index in [2.05, 4.69) is 4.98 Å². The lowest BCUT2D eigenvalue weighted by Crippen LogP contribution is -2.19. The number of carboxylic acids is 1. The van der Waals surface area contributed by atoms with E-state index in [1.165, 1.54) is 11.9 Å². The van der Waals surface area contributed by atoms with E-state index >= 15 is 0 Å². The summed E-state index contributed by atoms with van der Waals surface area (Å²) in [6, 6.07) is 7.89. The van der Waals surface area contributed by atoms with Crippen molar-refractivity contribution in [1.82, 2.24) is 8.96 Å². The van der Waals surface area contributed by atoms with Gasteiger partial charge in [-0.15, -0.1) is 0 Å². The van der Waals surface area contributed by atoms with Crippen molar-refractivity contribution < 1.29 is 9.90 Å². The summed E-state index contributed by atoms with van der Waals surface area (Å²) in [6.45, 7) is 0. The molecule has 1 aliphatic heterocycles. The second-order valence-electron chi connectivity index (χ2n) is 4.15. The van der Waals surface area contributed by atoms with Crippen LogP contribution in [0.1, 0.15) is 11.7 Å². The number of carbonyl (C=O) groups is 1. The number of hydrogen-bond donors (Lipinski definition) is 1. The molecular formula is C12H12N2O2S2. The van der Waals surface area contributed by atoms with Crippen LogP contribution in [-0.4, -0.2) is 37.3 Å². The van der Waals surface area contributed by atoms with Gasteiger partial charge >= 0.3 is 5.97 Å². The van der Waals surface area contributed by atoms with Crippen molar-refractivity contribution in [2.75, 3.05) is 17.3 Å². The van der Waals surface area contributed by atoms with Gasteiger partial charge in [0, 0.05) is 17.4 Å². The van der Waals surface area contributed by atoms with E-state index in [4.69, 9.17) is 5.11 Å². The first-order chi connectivity index (χ1) is 8.75. The van der Waals surface area contributed by atoms with Crippen molar-refractivity contribution in [3.63, 3.8) is 0 Å². The molecular weight excluding hydrogens is 268 g/mol. The largest absolute Gasteiger partial charge is 0.481 e. The Balaban J connectivity index is 2.02. The van der Waals surface area contributed by atoms with Crippen LogP contribution in [-0.2, 0) is 4.79 Å². The average molecular weight is 280 g/mol. The SMILES string of the molecule is O=C(O)CSn1c(C2CSC2)nc2ccccc21. The van der Waals surface area contributed by atoms with Crippen molar-refractivity contribution in [1.29, 1.82) is 0 Å². The molecule has 0 amide bonds. The van der Waals surface area contributed by atoms with Crippen LogP contribution in [0.2, 0.25) is 0 Å². The summed E-state index contributed by atoms with van der Waals surface area (Å²) in [7, 11) is 0. The molecule has 6 heteroatoms. The normalized spacial score (nSPS) is 15.8. The molecule has 4 nitrogen and oxygen atoms in total. The fourth-order valence-corrected chi connectivity index (χ4v) is 3.54. The number of fused-ring (bicyclic) bond motifs is 1. The number of rotatable bonds is 4. The van der Waals surface area contributed by atoms with Crippen LogP contribution in [0.5, 0.6) is 0 Å². The molecule has 1 fully saturated rings. The van der Waals surface area contributed by atoms with Crippen LogP contribution in [0.15, 0.2) is 24.3 Å². The minimum absolute atomic E-state index is 0.0627. The van der Waals surface area contributed by atoms with E-state index in [-0.39, 0.29) is 5.75 Å². The predicted molar refractivity (Wildman–Crippen MR) is 75.3 cm³/mol. The number of nitrogens with zero attached hydrogens (tertiary/aromatic N) is 2. The second-order valence-corrected chi connectivity index (χ2v) is 6.14. The molecule has 1 aromatic carbocycles. The van der Waals surface area contributed by atoms with Gasteiger partial charge in [0.2, 0.25) is 0 Å². The maximum atomic E-state index is 10.7. The van der Waals surface area contributed by atoms with E-state index in [9.17, 15) is 4.79 Å². The third-order valence-corrected chi connectivity index (χ3v) is 5.16. The number of benzene rings is 1. The van der Waals surface area contributed by atoms with E-state index in [0.29, 0.717) is 5.92 Å². The third kappa shape index (κ3) is 2.10. The first-order valence-corrected chi connectivity index (χ1v) is 7.75. The van der Waals surface area contributed by atoms with Gasteiger partial charge in [-0.2, -0.15) is 11.8 Å². The summed E-state index contributed by atoms with van der Waals surface area (Å²) in [5.41, 5.74) is 1.96. The van der Waals surface area contributed by atoms with E-state index in [1.54, 1.807) is 0 Å². The molecule has 0 atom stereocenters. The van der Waals surface area contributed by atoms with Crippen LogP contribution in [0, 0.1) is 0 Å². The van der Waals surface area contributed by atoms with Crippen LogP contribution < -0.4 is 0 Å². The van der Waals surface area contributed by atoms with E-state index in [1.807, 2.05) is 40.0 Å². The topological polar surface area (TPSA) is 55.1 Å². The molecule has 0 unspecified atom stereocenters. The minimum atomic E-state index is -0.799. The zero-order valence-electron chi connectivity index (χ0n) is 9.57. The summed E-state index contributed by atoms with van der Waals surface area (Å²) in [5, 5.41) is 8.83. The Morgan fingerprint density at radius 3 is 2.94 bits per heavy atom. The van der Waals surface area contributed by atoms with E-state index < -0.39 is 5.97 Å². The van der Waals surface area contributed by atoms with Gasteiger partial charge in [-0.1, -0.05) is 12.1 Å². The molecule has 0 aliphatic carbocycles. The van der Waals surface area contributed by atoms with Gasteiger partial charge in [0.15, 0.2) is 0 Å². The smallest absolute Gasteiger partial charge is 0.315 e. The fourth-order valence-electron chi connectivity index (χ4n) is 1.92. The van der Waals surface area contributed by atoms with Crippen LogP contribution in [0.3, 0.4) is 0 Å². The molecule has 0 spiro atoms. The van der Waals surface area contributed by atoms with Crippen LogP contribution in [0.4, 0.5) is 0 Å². The van der Waals surface area contributed by atoms with Gasteiger partial charge in [-0.05, 0) is 24.1 Å². The summed E-state index contributed by atoms with van der Waals surface area (Å²) >= 11 is 3.22. The van der Waals surface area contributed by atoms with Gasteiger partial charge < -0.3 is 5.11 Å². The Hall–Kier alpha value is -1.14. The predicted octanol–water partition coefficient (Wildman–Crippen LogP) is 2.45. The molecule has 1 aliphatic rings. The second kappa shape index (κ2) is 4.85. The molecule has 0 radical (unpaired) electrons. The molecule has 0 bridgehead atoms. The highest BCUT2D eigenvalue weighted by molar-refractivity contribution is 8.00. The number of carboxylic acid groups (broad SMARTS) is 1. The number of aliphatic carboxylic acids is 1. The zero-order chi connectivity index (χ0) is 12.5. The molecule has 2 heterocycles. The summed E-state index contributed by atoms with van der Waals surface area (Å²) in [4.78, 5) is 15.4. The quantitative estimate of drug-likeness (QED) is 0.932. The highest BCUT2D eigenvalue weighted by atomic mass is 32.2. The van der Waals surface area contributed by atoms with Gasteiger partial charge in [0.25, 0.3) is 0 Å². The van der Waals surface area contributed by atoms with Crippen molar-refractivity contribution in [3.8, 4) is 0 Å². The molecule has 1 saturated heterocycles. The maximum Gasteiger partial charge on any atom is 0.315 e. The molecule has 1 N–H and O–H groups in total. The van der Waals surface area contributed by atoms with E-state index in [0.717, 1.165) is 28.4 Å². The Morgan fingerprint density at radius 1 is 1.50 bits per heavy atom. The summed E-state index contributed by atoms with van der Waals surface area (Å²) in [6.07, 6.45) is 0. The Bertz CT molecular complexity index is 593. The molecule has 94 valence electrons. The number of thioether (sulfide) groups is 1. The van der Waals surface area contributed by atoms with Crippen molar-refractivity contribution >= 4 is 40.7 Å². The molecule has 1 aromatic heterocycles. The third-order valence-electron chi connectivity index (χ3n) is 2.86. The van der Waals surface area contributed by atoms with Gasteiger partial charge in [0.1, 0.15) is 11.6 Å². The Morgan fingerprint density at radius 2 is 2.28 bits per heavy atom. The van der Waals surface area contributed by atoms with Crippen LogP contribution >= 0.6 is 23.7 Å². The molecule has 0 saturated carbocycles. The van der Waals surface area contributed by atoms with Gasteiger partial charge in [-0.25, -0.2) is 4.98 Å². The number of imidazole rings is 1. The lowest BCUT2D eigenvalue weighted by Gasteiger charge is -2.24. The van der Waals surface area contributed by atoms with Gasteiger partial charge in [0.05, 0.1) is 11.0 Å². The Kier molecular flexibility index (Phi) is 3.22. The number of hydrogen-bond acceptors (Lipinski definition) is 4. The number of aromatic nitrogens is 2. The highest BCUT2D eigenvalue weighted by Gasteiger charge is 2.26. The lowest BCUT2D eigenvalue weighted by atomic mass is 10.2. The number of para-hydroxylation sites is 2. The maximum absolute atomic E-state index is 10.7. The minimum Gasteiger partial charge on any atom is -0.481 e. The van der Waals surface area contributed by atoms with Crippen molar-refractivity contribution in [3.05, 3.63) is 30.1 Å². The summed E-state index contributed by atoms with van der Waals surface area (Å²) < 4.78 is 1.99. The van der Waals surface area contributed by atoms with Crippen LogP contribution in [0.25, 0.3) is 11.0 Å². The standard InChI is InChI=1S/C12H12N2O2S2/c15-11(16)7-18-14-10-4-2-1-3-9(10)13-12(14)8-5-17-6-8/h1-4,8H,5-7H2,(H,15,16). The first kappa shape index (κ1) is 11.9. The monoisotopic (exact) mass is 280 g/mol. The molecule has 3 rings (SSSR count). The van der Waals surface area contributed by atoms with Gasteiger partial charge in [-0.3, -0.25) is 8.77 Å². The Labute approximate surface area is 113 Å². The highest BCUT2D eigenvalue weighted by Crippen LogP contribution is 2.36. The van der Waals surface area contributed by atoms with Crippen molar-refractivity contribution in [2.24, 2.45) is 0 Å². The lowest BCUT2D eigenvalue weighted by molar-refractivity contribution is -0.133. The fraction of sp³-hybridized carbons (Fsp3) is 0.333. The summed E-state index contributed by atoms with van der Waals surface area (Å²) in [5.74, 6) is 2.90. The molecule has 2 aromatic rings. The molecule has 18 heavy (non-hydrogen) atoms.